The molecule has 0 bridgehead atoms. The summed E-state index contributed by atoms with van der Waals surface area (Å²) in [5.74, 6) is -0.958. The van der Waals surface area contributed by atoms with Crippen LogP contribution in [-0.4, -0.2) is 58.7 Å². The van der Waals surface area contributed by atoms with Gasteiger partial charge >= 0.3 is 8.25 Å². The zero-order valence-corrected chi connectivity index (χ0v) is 12.6. The van der Waals surface area contributed by atoms with Gasteiger partial charge in [-0.3, -0.25) is 24.6 Å². The number of carbonyl (C=O) groups is 2. The van der Waals surface area contributed by atoms with Crippen LogP contribution in [0, 0.1) is 0 Å². The van der Waals surface area contributed by atoms with E-state index in [9.17, 15) is 14.2 Å². The van der Waals surface area contributed by atoms with Crippen molar-refractivity contribution < 1.29 is 33.6 Å². The van der Waals surface area contributed by atoms with E-state index in [1.807, 2.05) is 0 Å². The maximum absolute atomic E-state index is 11.3. The second-order valence-corrected chi connectivity index (χ2v) is 5.02. The van der Waals surface area contributed by atoms with Gasteiger partial charge in [0.1, 0.15) is 0 Å². The van der Waals surface area contributed by atoms with Crippen LogP contribution in [0.1, 0.15) is 26.7 Å². The van der Waals surface area contributed by atoms with Crippen LogP contribution in [0.2, 0.25) is 0 Å². The van der Waals surface area contributed by atoms with Gasteiger partial charge < -0.3 is 9.05 Å². The number of hydrogen-bond donors (Lipinski definition) is 2. The normalized spacial score (nSPS) is 10.7. The molecule has 0 aromatic heterocycles. The minimum atomic E-state index is -2.65. The van der Waals surface area contributed by atoms with Gasteiger partial charge in [0.15, 0.2) is 0 Å². The lowest BCUT2D eigenvalue weighted by Crippen LogP contribution is -2.26. The lowest BCUT2D eigenvalue weighted by atomic mass is 10.4. The van der Waals surface area contributed by atoms with Crippen molar-refractivity contribution in [2.45, 2.75) is 26.7 Å². The third kappa shape index (κ3) is 9.88. The maximum atomic E-state index is 11.3. The van der Waals surface area contributed by atoms with Crippen molar-refractivity contribution in [2.75, 3.05) is 26.3 Å². The van der Waals surface area contributed by atoms with Gasteiger partial charge in [0.05, 0.1) is 26.3 Å². The van der Waals surface area contributed by atoms with Gasteiger partial charge in [-0.25, -0.2) is 10.1 Å². The van der Waals surface area contributed by atoms with E-state index in [1.165, 1.54) is 13.8 Å². The Labute approximate surface area is 117 Å². The molecule has 0 aromatic rings. The molecular formula is C10H21N2O7P. The van der Waals surface area contributed by atoms with Crippen LogP contribution in [0.4, 0.5) is 0 Å². The smallest absolute Gasteiger partial charge is 0.311 e. The fourth-order valence-corrected chi connectivity index (χ4v) is 1.80. The van der Waals surface area contributed by atoms with Crippen molar-refractivity contribution >= 4 is 20.1 Å². The summed E-state index contributed by atoms with van der Waals surface area (Å²) in [6.07, 6.45) is 0.648. The Morgan fingerprint density at radius 3 is 1.60 bits per heavy atom. The molecule has 9 nitrogen and oxygen atoms in total. The van der Waals surface area contributed by atoms with Gasteiger partial charge in [0.2, 0.25) is 11.8 Å². The third-order valence-electron chi connectivity index (χ3n) is 2.20. The quantitative estimate of drug-likeness (QED) is 0.263. The minimum Gasteiger partial charge on any atom is -0.311 e. The molecule has 2 amide bonds. The topological polar surface area (TPSA) is 117 Å². The Morgan fingerprint density at radius 1 is 0.950 bits per heavy atom. The number of rotatable bonds is 10. The summed E-state index contributed by atoms with van der Waals surface area (Å²) < 4.78 is 21.0. The number of hydrogen-bond acceptors (Lipinski definition) is 7. The Morgan fingerprint density at radius 2 is 1.30 bits per heavy atom. The third-order valence-corrected chi connectivity index (χ3v) is 3.07. The Bertz CT molecular complexity index is 310. The molecule has 10 heteroatoms. The number of hydroxylamine groups is 4. The van der Waals surface area contributed by atoms with Crippen molar-refractivity contribution in [1.82, 2.24) is 10.1 Å². The summed E-state index contributed by atoms with van der Waals surface area (Å²) in [5, 5.41) is 19.1. The zero-order valence-electron chi connectivity index (χ0n) is 11.6. The van der Waals surface area contributed by atoms with E-state index in [1.54, 1.807) is 0 Å². The fraction of sp³-hybridized carbons (Fsp3) is 0.800. The van der Waals surface area contributed by atoms with E-state index in [-0.39, 0.29) is 26.3 Å². The second-order valence-electron chi connectivity index (χ2n) is 3.94. The lowest BCUT2D eigenvalue weighted by molar-refractivity contribution is -0.163. The van der Waals surface area contributed by atoms with Gasteiger partial charge in [-0.05, 0) is 12.8 Å². The average molecular weight is 312 g/mol. The van der Waals surface area contributed by atoms with Crippen molar-refractivity contribution in [3.05, 3.63) is 0 Å². The molecule has 0 saturated heterocycles. The summed E-state index contributed by atoms with van der Waals surface area (Å²) in [6.45, 7) is 2.78. The van der Waals surface area contributed by atoms with Crippen LogP contribution in [0.15, 0.2) is 0 Å². The Kier molecular flexibility index (Phi) is 10.2. The predicted octanol–water partition coefficient (Wildman–Crippen LogP) is 0.665. The highest BCUT2D eigenvalue weighted by atomic mass is 31.1. The number of carbonyl (C=O) groups excluding carboxylic acids is 2. The van der Waals surface area contributed by atoms with Crippen LogP contribution in [0.3, 0.4) is 0 Å². The van der Waals surface area contributed by atoms with Crippen molar-refractivity contribution in [3.63, 3.8) is 0 Å². The average Bonchev–Trinajstić information content (AvgIpc) is 2.38. The molecule has 0 saturated carbocycles. The first-order valence-corrected chi connectivity index (χ1v) is 7.30. The van der Waals surface area contributed by atoms with Gasteiger partial charge in [-0.15, -0.1) is 0 Å². The van der Waals surface area contributed by atoms with Crippen LogP contribution < -0.4 is 0 Å². The molecule has 0 fully saturated rings. The molecule has 20 heavy (non-hydrogen) atoms. The van der Waals surface area contributed by atoms with Crippen LogP contribution in [-0.2, 0) is 23.2 Å². The molecule has 0 aliphatic carbocycles. The van der Waals surface area contributed by atoms with Gasteiger partial charge in [0.25, 0.3) is 0 Å². The minimum absolute atomic E-state index is 0.0850. The molecule has 118 valence electrons. The van der Waals surface area contributed by atoms with E-state index in [2.05, 4.69) is 0 Å². The summed E-state index contributed by atoms with van der Waals surface area (Å²) in [5.41, 5.74) is 0. The summed E-state index contributed by atoms with van der Waals surface area (Å²) in [4.78, 5) is 21.3. The first-order chi connectivity index (χ1) is 9.34. The Balaban J connectivity index is 3.51. The highest BCUT2D eigenvalue weighted by Gasteiger charge is 2.06. The lowest BCUT2D eigenvalue weighted by Gasteiger charge is -2.13. The molecule has 0 radical (unpaired) electrons. The van der Waals surface area contributed by atoms with E-state index in [4.69, 9.17) is 19.5 Å². The summed E-state index contributed by atoms with van der Waals surface area (Å²) in [6, 6.07) is 0. The SMILES string of the molecule is CC(=O)N(O)CCCO[PH](=O)OCCCN(O)C(C)=O. The van der Waals surface area contributed by atoms with Crippen LogP contribution in [0.25, 0.3) is 0 Å². The van der Waals surface area contributed by atoms with Crippen molar-refractivity contribution in [2.24, 2.45) is 0 Å². The van der Waals surface area contributed by atoms with E-state index >= 15 is 0 Å². The maximum Gasteiger partial charge on any atom is 0.319 e. The molecular weight excluding hydrogens is 291 g/mol. The van der Waals surface area contributed by atoms with Crippen LogP contribution >= 0.6 is 8.25 Å². The molecule has 0 unspecified atom stereocenters. The molecule has 0 aliphatic rings. The monoisotopic (exact) mass is 312 g/mol. The summed E-state index contributed by atoms with van der Waals surface area (Å²) in [7, 11) is -2.65. The first-order valence-electron chi connectivity index (χ1n) is 6.08. The number of amides is 2. The largest absolute Gasteiger partial charge is 0.319 e. The molecule has 0 heterocycles. The highest BCUT2D eigenvalue weighted by molar-refractivity contribution is 7.33. The van der Waals surface area contributed by atoms with E-state index < -0.39 is 20.1 Å². The highest BCUT2D eigenvalue weighted by Crippen LogP contribution is 2.23. The standard InChI is InChI=1S/C10H21N2O7P/c1-9(13)11(15)5-3-7-18-20(17)19-8-4-6-12(16)10(2)14/h15-16,20H,3-8H2,1-2H3. The molecule has 2 N–H and O–H groups in total. The first kappa shape index (κ1) is 19.0. The number of nitrogens with zero attached hydrogens (tertiary/aromatic N) is 2. The zero-order chi connectivity index (χ0) is 15.5. The van der Waals surface area contributed by atoms with Gasteiger partial charge in [-0.1, -0.05) is 0 Å². The van der Waals surface area contributed by atoms with E-state index in [0.29, 0.717) is 23.0 Å². The van der Waals surface area contributed by atoms with Crippen molar-refractivity contribution in [1.29, 1.82) is 0 Å². The second kappa shape index (κ2) is 10.8. The van der Waals surface area contributed by atoms with Crippen LogP contribution in [0.5, 0.6) is 0 Å². The Hall–Kier alpha value is -0.990. The molecule has 0 rings (SSSR count). The molecule has 0 aliphatic heterocycles. The molecule has 0 atom stereocenters. The summed E-state index contributed by atoms with van der Waals surface area (Å²) >= 11 is 0. The van der Waals surface area contributed by atoms with E-state index in [0.717, 1.165) is 0 Å². The van der Waals surface area contributed by atoms with Crippen molar-refractivity contribution in [3.8, 4) is 0 Å². The molecule has 0 aromatic carbocycles. The van der Waals surface area contributed by atoms with Gasteiger partial charge in [0, 0.05) is 13.8 Å². The fourth-order valence-electron chi connectivity index (χ4n) is 1.10. The van der Waals surface area contributed by atoms with Gasteiger partial charge in [-0.2, -0.15) is 0 Å². The predicted molar refractivity (Wildman–Crippen MR) is 68.5 cm³/mol. The molecule has 0 spiro atoms.